The van der Waals surface area contributed by atoms with Gasteiger partial charge in [-0.05, 0) is 29.8 Å². The van der Waals surface area contributed by atoms with Crippen molar-refractivity contribution in [3.8, 4) is 0 Å². The predicted octanol–water partition coefficient (Wildman–Crippen LogP) is 1.93. The lowest BCUT2D eigenvalue weighted by Gasteiger charge is -2.10. The van der Waals surface area contributed by atoms with Crippen molar-refractivity contribution in [3.05, 3.63) is 54.0 Å². The summed E-state index contributed by atoms with van der Waals surface area (Å²) in [5.41, 5.74) is 6.92. The molecule has 18 heavy (non-hydrogen) atoms. The number of hydrogen-bond acceptors (Lipinski definition) is 4. The van der Waals surface area contributed by atoms with Crippen LogP contribution in [0.3, 0.4) is 0 Å². The monoisotopic (exact) mass is 265 g/mol. The fourth-order valence-corrected chi connectivity index (χ4v) is 2.36. The lowest BCUT2D eigenvalue weighted by Crippen LogP contribution is -2.13. The lowest BCUT2D eigenvalue weighted by atomic mass is 10.0. The van der Waals surface area contributed by atoms with E-state index in [4.69, 9.17) is 10.2 Å². The van der Waals surface area contributed by atoms with Gasteiger partial charge in [-0.25, -0.2) is 8.42 Å². The first-order valence-electron chi connectivity index (χ1n) is 5.55. The standard InChI is InChI=1S/C13H15NO3S/c1-18(15,16)12-6-4-10(5-7-12)13(14)9-11-3-2-8-17-11/h2-8,13H,9,14H2,1H3. The average molecular weight is 265 g/mol. The van der Waals surface area contributed by atoms with Crippen molar-refractivity contribution < 1.29 is 12.8 Å². The molecule has 1 heterocycles. The Labute approximate surface area is 106 Å². The topological polar surface area (TPSA) is 73.3 Å². The molecule has 1 unspecified atom stereocenters. The summed E-state index contributed by atoms with van der Waals surface area (Å²) in [7, 11) is -3.15. The summed E-state index contributed by atoms with van der Waals surface area (Å²) in [5.74, 6) is 0.815. The minimum atomic E-state index is -3.15. The van der Waals surface area contributed by atoms with Gasteiger partial charge in [0.25, 0.3) is 0 Å². The number of benzene rings is 1. The van der Waals surface area contributed by atoms with Gasteiger partial charge in [0.05, 0.1) is 11.2 Å². The van der Waals surface area contributed by atoms with Crippen LogP contribution in [0.1, 0.15) is 17.4 Å². The van der Waals surface area contributed by atoms with Crippen LogP contribution in [0.2, 0.25) is 0 Å². The summed E-state index contributed by atoms with van der Waals surface area (Å²) in [6, 6.07) is 10.1. The first kappa shape index (κ1) is 12.9. The van der Waals surface area contributed by atoms with Crippen LogP contribution in [0.15, 0.2) is 52.0 Å². The second-order valence-electron chi connectivity index (χ2n) is 4.23. The number of furan rings is 1. The van der Waals surface area contributed by atoms with E-state index in [0.29, 0.717) is 11.3 Å². The molecule has 0 aliphatic carbocycles. The summed E-state index contributed by atoms with van der Waals surface area (Å²) < 4.78 is 27.9. The molecule has 2 aromatic rings. The SMILES string of the molecule is CS(=O)(=O)c1ccc(C(N)Cc2ccco2)cc1. The average Bonchev–Trinajstić information content (AvgIpc) is 2.81. The van der Waals surface area contributed by atoms with Crippen molar-refractivity contribution in [1.82, 2.24) is 0 Å². The Balaban J connectivity index is 2.14. The molecule has 5 heteroatoms. The molecular weight excluding hydrogens is 250 g/mol. The van der Waals surface area contributed by atoms with E-state index in [9.17, 15) is 8.42 Å². The normalized spacial score (nSPS) is 13.4. The van der Waals surface area contributed by atoms with E-state index < -0.39 is 9.84 Å². The quantitative estimate of drug-likeness (QED) is 0.916. The minimum absolute atomic E-state index is 0.204. The number of sulfone groups is 1. The molecule has 4 nitrogen and oxygen atoms in total. The third-order valence-corrected chi connectivity index (χ3v) is 3.87. The van der Waals surface area contributed by atoms with Crippen molar-refractivity contribution in [1.29, 1.82) is 0 Å². The van der Waals surface area contributed by atoms with Crippen molar-refractivity contribution in [2.24, 2.45) is 5.73 Å². The molecule has 2 rings (SSSR count). The first-order chi connectivity index (χ1) is 8.47. The van der Waals surface area contributed by atoms with E-state index in [1.807, 2.05) is 12.1 Å². The Morgan fingerprint density at radius 2 is 1.89 bits per heavy atom. The molecule has 0 radical (unpaired) electrons. The first-order valence-corrected chi connectivity index (χ1v) is 7.44. The van der Waals surface area contributed by atoms with Crippen LogP contribution in [-0.4, -0.2) is 14.7 Å². The van der Waals surface area contributed by atoms with Gasteiger partial charge in [-0.3, -0.25) is 0 Å². The zero-order valence-corrected chi connectivity index (χ0v) is 10.9. The highest BCUT2D eigenvalue weighted by molar-refractivity contribution is 7.90. The molecule has 1 aromatic heterocycles. The fraction of sp³-hybridized carbons (Fsp3) is 0.231. The summed E-state index contributed by atoms with van der Waals surface area (Å²) in [5, 5.41) is 0. The predicted molar refractivity (Wildman–Crippen MR) is 68.9 cm³/mol. The zero-order chi connectivity index (χ0) is 13.2. The zero-order valence-electron chi connectivity index (χ0n) is 10.0. The fourth-order valence-electron chi connectivity index (χ4n) is 1.73. The summed E-state index contributed by atoms with van der Waals surface area (Å²) in [6.45, 7) is 0. The van der Waals surface area contributed by atoms with Gasteiger partial charge in [0.2, 0.25) is 0 Å². The van der Waals surface area contributed by atoms with E-state index in [2.05, 4.69) is 0 Å². The van der Waals surface area contributed by atoms with Crippen LogP contribution in [0.25, 0.3) is 0 Å². The van der Waals surface area contributed by atoms with Crippen LogP contribution in [0.5, 0.6) is 0 Å². The van der Waals surface area contributed by atoms with Gasteiger partial charge in [0, 0.05) is 18.7 Å². The molecule has 1 aromatic carbocycles. The molecule has 96 valence electrons. The third kappa shape index (κ3) is 3.00. The molecule has 0 fully saturated rings. The molecule has 2 N–H and O–H groups in total. The maximum Gasteiger partial charge on any atom is 0.175 e. The minimum Gasteiger partial charge on any atom is -0.469 e. The lowest BCUT2D eigenvalue weighted by molar-refractivity contribution is 0.488. The second-order valence-corrected chi connectivity index (χ2v) is 6.25. The van der Waals surface area contributed by atoms with Crippen LogP contribution in [0, 0.1) is 0 Å². The molecule has 0 saturated heterocycles. The summed E-state index contributed by atoms with van der Waals surface area (Å²) >= 11 is 0. The van der Waals surface area contributed by atoms with Crippen LogP contribution in [-0.2, 0) is 16.3 Å². The van der Waals surface area contributed by atoms with Crippen LogP contribution in [0.4, 0.5) is 0 Å². The molecule has 0 aliphatic heterocycles. The molecule has 0 bridgehead atoms. The number of hydrogen-bond donors (Lipinski definition) is 1. The third-order valence-electron chi connectivity index (χ3n) is 2.74. The van der Waals surface area contributed by atoms with Gasteiger partial charge < -0.3 is 10.2 Å². The molecule has 0 spiro atoms. The maximum absolute atomic E-state index is 11.3. The molecule has 0 amide bonds. The number of rotatable bonds is 4. The maximum atomic E-state index is 11.3. The Bertz CT molecular complexity index is 600. The second kappa shape index (κ2) is 4.96. The molecule has 0 aliphatic rings. The van der Waals surface area contributed by atoms with Gasteiger partial charge in [0.1, 0.15) is 5.76 Å². The molecule has 0 saturated carbocycles. The Kier molecular flexibility index (Phi) is 3.54. The van der Waals surface area contributed by atoms with Gasteiger partial charge in [-0.15, -0.1) is 0 Å². The van der Waals surface area contributed by atoms with Crippen LogP contribution < -0.4 is 5.73 Å². The van der Waals surface area contributed by atoms with Crippen molar-refractivity contribution >= 4 is 9.84 Å². The van der Waals surface area contributed by atoms with Crippen LogP contribution >= 0.6 is 0 Å². The summed E-state index contributed by atoms with van der Waals surface area (Å²) in [4.78, 5) is 0.302. The van der Waals surface area contributed by atoms with Gasteiger partial charge in [-0.1, -0.05) is 12.1 Å². The Morgan fingerprint density at radius 1 is 1.22 bits per heavy atom. The van der Waals surface area contributed by atoms with E-state index in [0.717, 1.165) is 11.3 Å². The van der Waals surface area contributed by atoms with E-state index >= 15 is 0 Å². The summed E-state index contributed by atoms with van der Waals surface area (Å²) in [6.07, 6.45) is 3.38. The van der Waals surface area contributed by atoms with Gasteiger partial charge >= 0.3 is 0 Å². The molecular formula is C13H15NO3S. The Morgan fingerprint density at radius 3 is 2.39 bits per heavy atom. The van der Waals surface area contributed by atoms with E-state index in [1.54, 1.807) is 30.5 Å². The highest BCUT2D eigenvalue weighted by atomic mass is 32.2. The van der Waals surface area contributed by atoms with Crippen molar-refractivity contribution in [2.45, 2.75) is 17.4 Å². The van der Waals surface area contributed by atoms with Crippen molar-refractivity contribution in [2.75, 3.05) is 6.26 Å². The van der Waals surface area contributed by atoms with E-state index in [1.165, 1.54) is 6.26 Å². The van der Waals surface area contributed by atoms with Gasteiger partial charge in [0.15, 0.2) is 9.84 Å². The number of nitrogens with two attached hydrogens (primary N) is 1. The Hall–Kier alpha value is -1.59. The largest absolute Gasteiger partial charge is 0.469 e. The highest BCUT2D eigenvalue weighted by Crippen LogP contribution is 2.18. The smallest absolute Gasteiger partial charge is 0.175 e. The highest BCUT2D eigenvalue weighted by Gasteiger charge is 2.11. The molecule has 1 atom stereocenters. The van der Waals surface area contributed by atoms with E-state index in [-0.39, 0.29) is 6.04 Å². The van der Waals surface area contributed by atoms with Crippen molar-refractivity contribution in [3.63, 3.8) is 0 Å². The van der Waals surface area contributed by atoms with Gasteiger partial charge in [-0.2, -0.15) is 0 Å².